The summed E-state index contributed by atoms with van der Waals surface area (Å²) < 4.78 is 0. The van der Waals surface area contributed by atoms with Crippen molar-refractivity contribution in [3.05, 3.63) is 29.8 Å². The molecule has 1 aromatic carbocycles. The molecule has 17 heavy (non-hydrogen) atoms. The van der Waals surface area contributed by atoms with E-state index in [-0.39, 0.29) is 7.92 Å². The SMILES string of the molecule is CCCCCCP(CCC)c1ccccc1C. The van der Waals surface area contributed by atoms with Crippen LogP contribution in [0.4, 0.5) is 0 Å². The highest BCUT2D eigenvalue weighted by Crippen LogP contribution is 2.37. The van der Waals surface area contributed by atoms with Crippen molar-refractivity contribution in [1.82, 2.24) is 0 Å². The quantitative estimate of drug-likeness (QED) is 0.445. The lowest BCUT2D eigenvalue weighted by molar-refractivity contribution is 0.705. The minimum Gasteiger partial charge on any atom is -0.0750 e. The molecule has 0 aliphatic heterocycles. The number of aryl methyl sites for hydroxylation is 1. The summed E-state index contributed by atoms with van der Waals surface area (Å²) in [4.78, 5) is 0. The normalized spacial score (nSPS) is 12.6. The Morgan fingerprint density at radius 3 is 2.29 bits per heavy atom. The van der Waals surface area contributed by atoms with Gasteiger partial charge in [0.2, 0.25) is 0 Å². The van der Waals surface area contributed by atoms with Crippen molar-refractivity contribution in [3.63, 3.8) is 0 Å². The third-order valence-corrected chi connectivity index (χ3v) is 6.26. The molecule has 0 fully saturated rings. The van der Waals surface area contributed by atoms with Gasteiger partial charge in [-0.3, -0.25) is 0 Å². The summed E-state index contributed by atoms with van der Waals surface area (Å²) >= 11 is 0. The van der Waals surface area contributed by atoms with Gasteiger partial charge in [-0.25, -0.2) is 0 Å². The lowest BCUT2D eigenvalue weighted by atomic mass is 10.2. The molecule has 0 heterocycles. The first-order valence-electron chi connectivity index (χ1n) is 7.10. The van der Waals surface area contributed by atoms with Crippen molar-refractivity contribution >= 4 is 13.2 Å². The largest absolute Gasteiger partial charge is 0.0750 e. The van der Waals surface area contributed by atoms with Crippen molar-refractivity contribution in [1.29, 1.82) is 0 Å². The Balaban J connectivity index is 2.56. The minimum absolute atomic E-state index is 0.107. The first-order chi connectivity index (χ1) is 8.29. The molecule has 1 unspecified atom stereocenters. The Hall–Kier alpha value is -0.350. The van der Waals surface area contributed by atoms with Crippen LogP contribution in [0.1, 0.15) is 51.5 Å². The molecule has 96 valence electrons. The first-order valence-corrected chi connectivity index (χ1v) is 8.81. The molecule has 0 nitrogen and oxygen atoms in total. The molecule has 1 rings (SSSR count). The van der Waals surface area contributed by atoms with E-state index in [1.807, 2.05) is 0 Å². The van der Waals surface area contributed by atoms with E-state index < -0.39 is 0 Å². The Morgan fingerprint density at radius 2 is 1.65 bits per heavy atom. The third-order valence-electron chi connectivity index (χ3n) is 3.23. The van der Waals surface area contributed by atoms with E-state index in [4.69, 9.17) is 0 Å². The van der Waals surface area contributed by atoms with Crippen molar-refractivity contribution < 1.29 is 0 Å². The molecule has 1 heteroatoms. The maximum absolute atomic E-state index is 2.36. The maximum Gasteiger partial charge on any atom is -0.0211 e. The van der Waals surface area contributed by atoms with Gasteiger partial charge in [0.15, 0.2) is 0 Å². The van der Waals surface area contributed by atoms with E-state index in [2.05, 4.69) is 45.0 Å². The fourth-order valence-electron chi connectivity index (χ4n) is 2.27. The van der Waals surface area contributed by atoms with Gasteiger partial charge >= 0.3 is 0 Å². The van der Waals surface area contributed by atoms with Crippen LogP contribution in [0.25, 0.3) is 0 Å². The fourth-order valence-corrected chi connectivity index (χ4v) is 4.99. The molecule has 0 amide bonds. The van der Waals surface area contributed by atoms with E-state index in [1.54, 1.807) is 5.30 Å². The van der Waals surface area contributed by atoms with Crippen LogP contribution < -0.4 is 5.30 Å². The molecule has 0 radical (unpaired) electrons. The zero-order valence-corrected chi connectivity index (χ0v) is 12.6. The number of rotatable bonds is 8. The van der Waals surface area contributed by atoms with E-state index in [9.17, 15) is 0 Å². The Labute approximate surface area is 109 Å². The Bertz CT molecular complexity index is 306. The van der Waals surface area contributed by atoms with Gasteiger partial charge in [0.1, 0.15) is 0 Å². The highest BCUT2D eigenvalue weighted by atomic mass is 31.1. The Kier molecular flexibility index (Phi) is 7.53. The van der Waals surface area contributed by atoms with Crippen LogP contribution in [-0.2, 0) is 0 Å². The molecule has 0 saturated heterocycles. The summed E-state index contributed by atoms with van der Waals surface area (Å²) in [7, 11) is 0.107. The monoisotopic (exact) mass is 250 g/mol. The zero-order valence-electron chi connectivity index (χ0n) is 11.7. The average Bonchev–Trinajstić information content (AvgIpc) is 2.34. The average molecular weight is 250 g/mol. The molecule has 0 saturated carbocycles. The molecule has 0 N–H and O–H groups in total. The number of benzene rings is 1. The van der Waals surface area contributed by atoms with Gasteiger partial charge in [-0.15, -0.1) is 0 Å². The molecule has 1 aromatic rings. The van der Waals surface area contributed by atoms with Gasteiger partial charge in [0.05, 0.1) is 0 Å². The zero-order chi connectivity index (χ0) is 12.5. The fraction of sp³-hybridized carbons (Fsp3) is 0.625. The number of hydrogen-bond acceptors (Lipinski definition) is 0. The smallest absolute Gasteiger partial charge is 0.0211 e. The van der Waals surface area contributed by atoms with E-state index in [0.29, 0.717) is 0 Å². The first kappa shape index (κ1) is 14.7. The highest BCUT2D eigenvalue weighted by Gasteiger charge is 2.11. The van der Waals surface area contributed by atoms with Gasteiger partial charge in [0, 0.05) is 0 Å². The summed E-state index contributed by atoms with van der Waals surface area (Å²) in [5.74, 6) is 0. The maximum atomic E-state index is 2.36. The highest BCUT2D eigenvalue weighted by molar-refractivity contribution is 7.65. The minimum atomic E-state index is 0.107. The lowest BCUT2D eigenvalue weighted by Crippen LogP contribution is -2.09. The topological polar surface area (TPSA) is 0 Å². The van der Waals surface area contributed by atoms with Crippen molar-refractivity contribution in [2.75, 3.05) is 12.3 Å². The summed E-state index contributed by atoms with van der Waals surface area (Å²) in [5.41, 5.74) is 1.50. The molecule has 1 atom stereocenters. The van der Waals surface area contributed by atoms with E-state index >= 15 is 0 Å². The van der Waals surface area contributed by atoms with Crippen LogP contribution in [0.3, 0.4) is 0 Å². The van der Waals surface area contributed by atoms with Crippen LogP contribution >= 0.6 is 7.92 Å². The van der Waals surface area contributed by atoms with E-state index in [0.717, 1.165) is 0 Å². The molecule has 0 aromatic heterocycles. The van der Waals surface area contributed by atoms with Gasteiger partial charge in [-0.2, -0.15) is 0 Å². The van der Waals surface area contributed by atoms with Crippen molar-refractivity contribution in [2.45, 2.75) is 52.9 Å². The number of unbranched alkanes of at least 4 members (excludes halogenated alkanes) is 3. The molecule has 0 aliphatic rings. The molecule has 0 spiro atoms. The van der Waals surface area contributed by atoms with Crippen LogP contribution in [-0.4, -0.2) is 12.3 Å². The van der Waals surface area contributed by atoms with Crippen LogP contribution in [0.5, 0.6) is 0 Å². The lowest BCUT2D eigenvalue weighted by Gasteiger charge is -2.19. The van der Waals surface area contributed by atoms with E-state index in [1.165, 1.54) is 50.0 Å². The summed E-state index contributed by atoms with van der Waals surface area (Å²) in [5, 5.41) is 1.65. The van der Waals surface area contributed by atoms with Crippen LogP contribution in [0.2, 0.25) is 0 Å². The van der Waals surface area contributed by atoms with Gasteiger partial charge < -0.3 is 0 Å². The molecule has 0 bridgehead atoms. The van der Waals surface area contributed by atoms with Crippen molar-refractivity contribution in [2.24, 2.45) is 0 Å². The van der Waals surface area contributed by atoms with Gasteiger partial charge in [0.25, 0.3) is 0 Å². The second-order valence-corrected chi connectivity index (χ2v) is 7.29. The number of hydrogen-bond donors (Lipinski definition) is 0. The Morgan fingerprint density at radius 1 is 0.882 bits per heavy atom. The van der Waals surface area contributed by atoms with Gasteiger partial charge in [-0.05, 0) is 36.5 Å². The van der Waals surface area contributed by atoms with Gasteiger partial charge in [-0.1, -0.05) is 71.7 Å². The standard InChI is InChI=1S/C16H27P/c1-4-6-7-10-14-17(13-5-2)16-12-9-8-11-15(16)3/h8-9,11-12H,4-7,10,13-14H2,1-3H3. The molecular weight excluding hydrogens is 223 g/mol. The second kappa shape index (κ2) is 8.70. The third kappa shape index (κ3) is 5.21. The molecular formula is C16H27P. The summed E-state index contributed by atoms with van der Waals surface area (Å²) in [6.45, 7) is 6.88. The second-order valence-electron chi connectivity index (χ2n) is 4.83. The summed E-state index contributed by atoms with van der Waals surface area (Å²) in [6.07, 6.45) is 9.77. The van der Waals surface area contributed by atoms with Crippen molar-refractivity contribution in [3.8, 4) is 0 Å². The predicted molar refractivity (Wildman–Crippen MR) is 81.9 cm³/mol. The van der Waals surface area contributed by atoms with Crippen LogP contribution in [0.15, 0.2) is 24.3 Å². The van der Waals surface area contributed by atoms with Crippen LogP contribution in [0, 0.1) is 6.92 Å². The summed E-state index contributed by atoms with van der Waals surface area (Å²) in [6, 6.07) is 9.00. The predicted octanol–water partition coefficient (Wildman–Crippen LogP) is 5.09. The molecule has 0 aliphatic carbocycles.